The van der Waals surface area contributed by atoms with Crippen molar-refractivity contribution in [3.05, 3.63) is 31.9 Å². The molecule has 0 amide bonds. The number of H-pyrrole nitrogens is 1. The van der Waals surface area contributed by atoms with Crippen LogP contribution in [0.4, 0.5) is 0 Å². The summed E-state index contributed by atoms with van der Waals surface area (Å²) in [6, 6.07) is 1.63. The predicted octanol–water partition coefficient (Wildman–Crippen LogP) is 0.00150. The first-order valence-corrected chi connectivity index (χ1v) is 4.38. The molecule has 0 aliphatic carbocycles. The first-order valence-electron chi connectivity index (χ1n) is 3.56. The summed E-state index contributed by atoms with van der Waals surface area (Å²) in [5, 5.41) is 0.380. The second kappa shape index (κ2) is 2.82. The molecule has 0 saturated heterocycles. The van der Waals surface area contributed by atoms with Crippen molar-refractivity contribution in [1.29, 1.82) is 0 Å². The van der Waals surface area contributed by atoms with Crippen molar-refractivity contribution < 1.29 is 4.42 Å². The third kappa shape index (κ3) is 1.30. The van der Waals surface area contributed by atoms with Gasteiger partial charge >= 0.3 is 11.4 Å². The fourth-order valence-corrected chi connectivity index (χ4v) is 1.95. The van der Waals surface area contributed by atoms with Gasteiger partial charge in [-0.05, 0) is 6.07 Å². The molecule has 0 fully saturated rings. The minimum Gasteiger partial charge on any atom is -0.372 e. The van der Waals surface area contributed by atoms with Gasteiger partial charge in [0.15, 0.2) is 0 Å². The van der Waals surface area contributed by atoms with Crippen molar-refractivity contribution in [3.8, 4) is 0 Å². The molecule has 5 nitrogen and oxygen atoms in total. The normalized spacial score (nSPS) is 10.8. The van der Waals surface area contributed by atoms with Crippen molar-refractivity contribution in [3.63, 3.8) is 0 Å². The van der Waals surface area contributed by atoms with Crippen LogP contribution < -0.4 is 17.1 Å². The molecule has 68 valence electrons. The molecule has 0 aliphatic rings. The second-order valence-electron chi connectivity index (χ2n) is 2.46. The number of nitrogens with two attached hydrogens (primary N) is 1. The molecule has 2 aromatic rings. The van der Waals surface area contributed by atoms with E-state index in [-0.39, 0.29) is 0 Å². The molecule has 2 rings (SSSR count). The average Bonchev–Trinajstić information content (AvgIpc) is 2.47. The zero-order chi connectivity index (χ0) is 9.42. The van der Waals surface area contributed by atoms with Gasteiger partial charge in [0, 0.05) is 11.4 Å². The van der Waals surface area contributed by atoms with Crippen LogP contribution in [0.2, 0.25) is 0 Å². The molecule has 2 aromatic heterocycles. The summed E-state index contributed by atoms with van der Waals surface area (Å²) in [6.45, 7) is 0.348. The van der Waals surface area contributed by atoms with Crippen LogP contribution in [0, 0.1) is 0 Å². The highest BCUT2D eigenvalue weighted by Crippen LogP contribution is 2.18. The molecule has 0 aromatic carbocycles. The Morgan fingerprint density at radius 3 is 3.00 bits per heavy atom. The monoisotopic (exact) mass is 198 g/mol. The topological polar surface area (TPSA) is 89.1 Å². The smallest absolute Gasteiger partial charge is 0.372 e. The van der Waals surface area contributed by atoms with Gasteiger partial charge in [-0.15, -0.1) is 11.3 Å². The van der Waals surface area contributed by atoms with E-state index in [4.69, 9.17) is 5.73 Å². The van der Waals surface area contributed by atoms with Gasteiger partial charge in [0.05, 0.1) is 5.39 Å². The van der Waals surface area contributed by atoms with E-state index in [1.54, 1.807) is 6.07 Å². The van der Waals surface area contributed by atoms with Crippen molar-refractivity contribution in [2.24, 2.45) is 5.73 Å². The summed E-state index contributed by atoms with van der Waals surface area (Å²) >= 11 is 1.29. The van der Waals surface area contributed by atoms with E-state index < -0.39 is 11.4 Å². The number of hydrogen-bond donors (Lipinski definition) is 2. The van der Waals surface area contributed by atoms with E-state index in [0.29, 0.717) is 16.8 Å². The van der Waals surface area contributed by atoms with E-state index in [0.717, 1.165) is 4.88 Å². The molecule has 0 spiro atoms. The molecule has 0 radical (unpaired) electrons. The van der Waals surface area contributed by atoms with E-state index in [2.05, 4.69) is 9.40 Å². The number of aromatic amines is 1. The van der Waals surface area contributed by atoms with E-state index in [9.17, 15) is 9.59 Å². The van der Waals surface area contributed by atoms with Gasteiger partial charge < -0.3 is 10.2 Å². The van der Waals surface area contributed by atoms with Crippen molar-refractivity contribution in [2.75, 3.05) is 0 Å². The van der Waals surface area contributed by atoms with Gasteiger partial charge in [-0.25, -0.2) is 9.59 Å². The number of hydrogen-bond acceptors (Lipinski definition) is 5. The zero-order valence-electron chi connectivity index (χ0n) is 6.49. The fraction of sp³-hybridized carbons (Fsp3) is 0.143. The lowest BCUT2D eigenvalue weighted by Gasteiger charge is -1.83. The number of fused-ring (bicyclic) bond motifs is 1. The van der Waals surface area contributed by atoms with Crippen LogP contribution in [-0.4, -0.2) is 4.98 Å². The Labute approximate surface area is 75.8 Å². The Hall–Kier alpha value is -1.40. The maximum absolute atomic E-state index is 11.1. The minimum absolute atomic E-state index is 0.348. The molecule has 0 bridgehead atoms. The van der Waals surface area contributed by atoms with Gasteiger partial charge in [-0.1, -0.05) is 0 Å². The lowest BCUT2D eigenvalue weighted by molar-refractivity contribution is 0.460. The van der Waals surface area contributed by atoms with Crippen LogP contribution in [0.25, 0.3) is 10.2 Å². The van der Waals surface area contributed by atoms with Crippen molar-refractivity contribution in [2.45, 2.75) is 6.54 Å². The summed E-state index contributed by atoms with van der Waals surface area (Å²) in [6.07, 6.45) is 0. The highest BCUT2D eigenvalue weighted by atomic mass is 32.1. The van der Waals surface area contributed by atoms with Crippen LogP contribution >= 0.6 is 11.3 Å². The second-order valence-corrected chi connectivity index (χ2v) is 3.60. The van der Waals surface area contributed by atoms with Gasteiger partial charge in [-0.2, -0.15) is 0 Å². The molecule has 2 heterocycles. The third-order valence-corrected chi connectivity index (χ3v) is 2.68. The van der Waals surface area contributed by atoms with Crippen molar-refractivity contribution in [1.82, 2.24) is 4.98 Å². The molecule has 0 unspecified atom stereocenters. The summed E-state index contributed by atoms with van der Waals surface area (Å²) in [7, 11) is 0. The van der Waals surface area contributed by atoms with Gasteiger partial charge in [-0.3, -0.25) is 4.98 Å². The summed E-state index contributed by atoms with van der Waals surface area (Å²) in [4.78, 5) is 25.6. The molecule has 6 heteroatoms. The molecule has 3 N–H and O–H groups in total. The first-order chi connectivity index (χ1) is 6.20. The quantitative estimate of drug-likeness (QED) is 0.675. The Bertz CT molecular complexity index is 551. The Morgan fingerprint density at radius 2 is 2.31 bits per heavy atom. The van der Waals surface area contributed by atoms with Crippen LogP contribution in [0.1, 0.15) is 4.88 Å². The van der Waals surface area contributed by atoms with Gasteiger partial charge in [0.25, 0.3) is 0 Å². The zero-order valence-corrected chi connectivity index (χ0v) is 7.31. The minimum atomic E-state index is -0.733. The van der Waals surface area contributed by atoms with Crippen LogP contribution in [0.15, 0.2) is 20.1 Å². The van der Waals surface area contributed by atoms with Gasteiger partial charge in [0.2, 0.25) is 0 Å². The molecule has 0 aliphatic heterocycles. The SMILES string of the molecule is NCc1cc2c(=O)oc(=O)[nH]c2s1. The fourth-order valence-electron chi connectivity index (χ4n) is 1.04. The molecular weight excluding hydrogens is 192 g/mol. The standard InChI is InChI=1S/C7H6N2O3S/c8-2-3-1-4-5(13-3)9-7(11)12-6(4)10/h1H,2,8H2,(H,9,11). The van der Waals surface area contributed by atoms with Gasteiger partial charge in [0.1, 0.15) is 4.83 Å². The van der Waals surface area contributed by atoms with E-state index >= 15 is 0 Å². The summed E-state index contributed by atoms with van der Waals surface area (Å²) in [5.74, 6) is -0.733. The predicted molar refractivity (Wildman–Crippen MR) is 48.9 cm³/mol. The first kappa shape index (κ1) is 8.21. The average molecular weight is 198 g/mol. The third-order valence-electron chi connectivity index (χ3n) is 1.61. The van der Waals surface area contributed by atoms with Crippen LogP contribution in [-0.2, 0) is 6.54 Å². The van der Waals surface area contributed by atoms with Crippen LogP contribution in [0.3, 0.4) is 0 Å². The maximum Gasteiger partial charge on any atom is 0.420 e. The van der Waals surface area contributed by atoms with E-state index in [1.807, 2.05) is 0 Å². The Morgan fingerprint density at radius 1 is 1.54 bits per heavy atom. The summed E-state index contributed by atoms with van der Waals surface area (Å²) < 4.78 is 4.35. The lowest BCUT2D eigenvalue weighted by atomic mass is 10.4. The summed E-state index contributed by atoms with van der Waals surface area (Å²) in [5.41, 5.74) is 4.77. The van der Waals surface area contributed by atoms with Crippen molar-refractivity contribution >= 4 is 21.6 Å². The molecule has 0 saturated carbocycles. The number of thiophene rings is 1. The highest BCUT2D eigenvalue weighted by Gasteiger charge is 2.06. The molecular formula is C7H6N2O3S. The number of rotatable bonds is 1. The molecule has 13 heavy (non-hydrogen) atoms. The number of nitrogens with one attached hydrogen (secondary N) is 1. The lowest BCUT2D eigenvalue weighted by Crippen LogP contribution is -2.12. The van der Waals surface area contributed by atoms with E-state index in [1.165, 1.54) is 11.3 Å². The van der Waals surface area contributed by atoms with Crippen LogP contribution in [0.5, 0.6) is 0 Å². The highest BCUT2D eigenvalue weighted by molar-refractivity contribution is 7.18. The Balaban J connectivity index is 2.91. The maximum atomic E-state index is 11.1. The Kier molecular flexibility index (Phi) is 1.78. The largest absolute Gasteiger partial charge is 0.420 e. The molecule has 0 atom stereocenters. The number of aromatic nitrogens is 1.